The van der Waals surface area contributed by atoms with Crippen molar-refractivity contribution < 1.29 is 14.3 Å². The minimum atomic E-state index is -0.569. The molecule has 1 fully saturated rings. The zero-order valence-electron chi connectivity index (χ0n) is 15.8. The van der Waals surface area contributed by atoms with Gasteiger partial charge in [0.2, 0.25) is 0 Å². The van der Waals surface area contributed by atoms with Crippen LogP contribution in [0.25, 0.3) is 0 Å². The van der Waals surface area contributed by atoms with Gasteiger partial charge in [0.1, 0.15) is 11.5 Å². The topological polar surface area (TPSA) is 47.6 Å². The molecule has 5 heteroatoms. The van der Waals surface area contributed by atoms with E-state index in [1.165, 1.54) is 12.8 Å². The Morgan fingerprint density at radius 1 is 1.15 bits per heavy atom. The molecule has 0 bridgehead atoms. The summed E-state index contributed by atoms with van der Waals surface area (Å²) < 4.78 is 11.8. The predicted octanol–water partition coefficient (Wildman–Crippen LogP) is 5.77. The van der Waals surface area contributed by atoms with Gasteiger partial charge in [0.05, 0.1) is 6.10 Å². The molecule has 2 aromatic rings. The van der Waals surface area contributed by atoms with Gasteiger partial charge >= 0.3 is 0 Å². The fraction of sp³-hybridized carbons (Fsp3) is 0.409. The maximum atomic E-state index is 12.6. The summed E-state index contributed by atoms with van der Waals surface area (Å²) >= 11 is 6.04. The van der Waals surface area contributed by atoms with Crippen molar-refractivity contribution in [2.75, 3.05) is 5.32 Å². The molecule has 0 aromatic heterocycles. The molecule has 2 aromatic carbocycles. The molecule has 144 valence electrons. The SMILES string of the molecule is CC[C@@H](Oc1ccc(Cl)c(C)c1)C(=O)Nc1ccc(OC2CCCC2)cc1. The van der Waals surface area contributed by atoms with Crippen molar-refractivity contribution in [1.29, 1.82) is 0 Å². The molecule has 1 N–H and O–H groups in total. The Labute approximate surface area is 165 Å². The second-order valence-electron chi connectivity index (χ2n) is 6.96. The van der Waals surface area contributed by atoms with E-state index in [1.54, 1.807) is 12.1 Å². The van der Waals surface area contributed by atoms with E-state index in [1.807, 2.05) is 44.2 Å². The van der Waals surface area contributed by atoms with Crippen LogP contribution in [0.2, 0.25) is 5.02 Å². The monoisotopic (exact) mass is 387 g/mol. The summed E-state index contributed by atoms with van der Waals surface area (Å²) in [7, 11) is 0. The largest absolute Gasteiger partial charge is 0.490 e. The Morgan fingerprint density at radius 3 is 2.44 bits per heavy atom. The molecule has 0 saturated heterocycles. The quantitative estimate of drug-likeness (QED) is 0.656. The van der Waals surface area contributed by atoms with Crippen LogP contribution in [0.3, 0.4) is 0 Å². The fourth-order valence-corrected chi connectivity index (χ4v) is 3.33. The van der Waals surface area contributed by atoms with E-state index >= 15 is 0 Å². The van der Waals surface area contributed by atoms with Gasteiger partial charge in [0.15, 0.2) is 6.10 Å². The Hall–Kier alpha value is -2.20. The maximum absolute atomic E-state index is 12.6. The molecule has 0 heterocycles. The third-order valence-electron chi connectivity index (χ3n) is 4.80. The number of ether oxygens (including phenoxy) is 2. The second-order valence-corrected chi connectivity index (χ2v) is 7.37. The molecule has 1 atom stereocenters. The lowest BCUT2D eigenvalue weighted by Gasteiger charge is -2.18. The van der Waals surface area contributed by atoms with Gasteiger partial charge in [-0.3, -0.25) is 4.79 Å². The number of carbonyl (C=O) groups excluding carboxylic acids is 1. The Morgan fingerprint density at radius 2 is 1.81 bits per heavy atom. The number of aryl methyl sites for hydroxylation is 1. The summed E-state index contributed by atoms with van der Waals surface area (Å²) in [4.78, 5) is 12.6. The third-order valence-corrected chi connectivity index (χ3v) is 5.22. The zero-order valence-corrected chi connectivity index (χ0v) is 16.6. The summed E-state index contributed by atoms with van der Waals surface area (Å²) in [6.45, 7) is 3.83. The summed E-state index contributed by atoms with van der Waals surface area (Å²) in [6, 6.07) is 12.9. The van der Waals surface area contributed by atoms with Crippen molar-refractivity contribution >= 4 is 23.2 Å². The smallest absolute Gasteiger partial charge is 0.265 e. The Bertz CT molecular complexity index is 770. The molecule has 1 aliphatic rings. The van der Waals surface area contributed by atoms with Gasteiger partial charge in [-0.1, -0.05) is 18.5 Å². The predicted molar refractivity (Wildman–Crippen MR) is 109 cm³/mol. The standard InChI is InChI=1S/C22H26ClNO3/c1-3-21(27-19-12-13-20(23)15(2)14-19)22(25)24-16-8-10-18(11-9-16)26-17-6-4-5-7-17/h8-14,17,21H,3-7H2,1-2H3,(H,24,25)/t21-/m1/s1. The minimum absolute atomic E-state index is 0.172. The molecule has 3 rings (SSSR count). The van der Waals surface area contributed by atoms with Crippen LogP contribution in [0.15, 0.2) is 42.5 Å². The van der Waals surface area contributed by atoms with Crippen LogP contribution >= 0.6 is 11.6 Å². The molecule has 1 saturated carbocycles. The Balaban J connectivity index is 1.57. The molecular weight excluding hydrogens is 362 g/mol. The summed E-state index contributed by atoms with van der Waals surface area (Å²) in [5.41, 5.74) is 1.65. The van der Waals surface area contributed by atoms with Crippen LogP contribution < -0.4 is 14.8 Å². The van der Waals surface area contributed by atoms with Gasteiger partial charge in [-0.15, -0.1) is 0 Å². The normalized spacial score (nSPS) is 15.4. The molecule has 0 unspecified atom stereocenters. The van der Waals surface area contributed by atoms with Crippen molar-refractivity contribution in [3.05, 3.63) is 53.1 Å². The van der Waals surface area contributed by atoms with E-state index in [9.17, 15) is 4.79 Å². The summed E-state index contributed by atoms with van der Waals surface area (Å²) in [6.07, 6.45) is 5.05. The lowest BCUT2D eigenvalue weighted by molar-refractivity contribution is -0.122. The first-order valence-corrected chi connectivity index (χ1v) is 9.93. The van der Waals surface area contributed by atoms with E-state index in [-0.39, 0.29) is 5.91 Å². The molecule has 27 heavy (non-hydrogen) atoms. The molecule has 1 amide bonds. The van der Waals surface area contributed by atoms with Crippen LogP contribution in [0.5, 0.6) is 11.5 Å². The first kappa shape index (κ1) is 19.6. The number of hydrogen-bond donors (Lipinski definition) is 1. The number of hydrogen-bond acceptors (Lipinski definition) is 3. The number of carbonyl (C=O) groups is 1. The second kappa shape index (κ2) is 9.14. The van der Waals surface area contributed by atoms with Gasteiger partial charge in [-0.25, -0.2) is 0 Å². The zero-order chi connectivity index (χ0) is 19.2. The van der Waals surface area contributed by atoms with Crippen molar-refractivity contribution in [3.63, 3.8) is 0 Å². The molecule has 0 aliphatic heterocycles. The van der Waals surface area contributed by atoms with Crippen molar-refractivity contribution in [2.45, 2.75) is 58.2 Å². The van der Waals surface area contributed by atoms with Crippen LogP contribution in [-0.2, 0) is 4.79 Å². The van der Waals surface area contributed by atoms with Crippen LogP contribution in [0.4, 0.5) is 5.69 Å². The first-order chi connectivity index (χ1) is 13.0. The summed E-state index contributed by atoms with van der Waals surface area (Å²) in [5.74, 6) is 1.31. The third kappa shape index (κ3) is 5.39. The van der Waals surface area contributed by atoms with Crippen molar-refractivity contribution in [1.82, 2.24) is 0 Å². The highest BCUT2D eigenvalue weighted by Gasteiger charge is 2.19. The number of benzene rings is 2. The molecule has 0 spiro atoms. The van der Waals surface area contributed by atoms with Crippen molar-refractivity contribution in [2.24, 2.45) is 0 Å². The number of halogens is 1. The van der Waals surface area contributed by atoms with Gasteiger partial charge < -0.3 is 14.8 Å². The fourth-order valence-electron chi connectivity index (χ4n) is 3.22. The Kier molecular flexibility index (Phi) is 6.62. The molecular formula is C22H26ClNO3. The average molecular weight is 388 g/mol. The number of nitrogens with one attached hydrogen (secondary N) is 1. The van der Waals surface area contributed by atoms with Crippen LogP contribution in [0.1, 0.15) is 44.6 Å². The van der Waals surface area contributed by atoms with E-state index in [4.69, 9.17) is 21.1 Å². The lowest BCUT2D eigenvalue weighted by Crippen LogP contribution is -2.32. The number of anilines is 1. The van der Waals surface area contributed by atoms with Crippen LogP contribution in [0, 0.1) is 6.92 Å². The van der Waals surface area contributed by atoms with Gasteiger partial charge in [-0.2, -0.15) is 0 Å². The van der Waals surface area contributed by atoms with E-state index in [0.717, 1.165) is 29.8 Å². The highest BCUT2D eigenvalue weighted by Crippen LogP contribution is 2.26. The van der Waals surface area contributed by atoms with Crippen molar-refractivity contribution in [3.8, 4) is 11.5 Å². The highest BCUT2D eigenvalue weighted by atomic mass is 35.5. The molecule has 0 radical (unpaired) electrons. The minimum Gasteiger partial charge on any atom is -0.490 e. The van der Waals surface area contributed by atoms with Gasteiger partial charge in [0.25, 0.3) is 5.91 Å². The average Bonchev–Trinajstić information content (AvgIpc) is 3.17. The van der Waals surface area contributed by atoms with E-state index in [0.29, 0.717) is 23.3 Å². The van der Waals surface area contributed by atoms with E-state index in [2.05, 4.69) is 5.32 Å². The van der Waals surface area contributed by atoms with Gasteiger partial charge in [-0.05, 0) is 87.1 Å². The highest BCUT2D eigenvalue weighted by molar-refractivity contribution is 6.31. The summed E-state index contributed by atoms with van der Waals surface area (Å²) in [5, 5.41) is 3.59. The number of rotatable bonds is 7. The molecule has 1 aliphatic carbocycles. The maximum Gasteiger partial charge on any atom is 0.265 e. The lowest BCUT2D eigenvalue weighted by atomic mass is 10.2. The van der Waals surface area contributed by atoms with Gasteiger partial charge in [0, 0.05) is 10.7 Å². The number of amides is 1. The van der Waals surface area contributed by atoms with Crippen LogP contribution in [-0.4, -0.2) is 18.1 Å². The van der Waals surface area contributed by atoms with E-state index < -0.39 is 6.10 Å². The molecule has 4 nitrogen and oxygen atoms in total. The first-order valence-electron chi connectivity index (χ1n) is 9.55.